The van der Waals surface area contributed by atoms with Gasteiger partial charge in [0.25, 0.3) is 0 Å². The highest BCUT2D eigenvalue weighted by atomic mass is 16.5. The van der Waals surface area contributed by atoms with Crippen LogP contribution >= 0.6 is 0 Å². The second-order valence-electron chi connectivity index (χ2n) is 3.85. The molecule has 0 spiro atoms. The van der Waals surface area contributed by atoms with E-state index in [0.717, 1.165) is 32.1 Å². The molecule has 0 aliphatic rings. The lowest BCUT2D eigenvalue weighted by Crippen LogP contribution is -2.32. The average Bonchev–Trinajstić information content (AvgIpc) is 2.17. The largest absolute Gasteiger partial charge is 0.466 e. The smallest absolute Gasteiger partial charge is 0.312 e. The summed E-state index contributed by atoms with van der Waals surface area (Å²) in [5, 5.41) is 0. The predicted molar refractivity (Wildman–Crippen MR) is 59.2 cm³/mol. The molecule has 0 saturated heterocycles. The van der Waals surface area contributed by atoms with Gasteiger partial charge >= 0.3 is 5.97 Å². The molecule has 0 atom stereocenters. The summed E-state index contributed by atoms with van der Waals surface area (Å²) < 4.78 is 5.16. The average molecular weight is 200 g/mol. The summed E-state index contributed by atoms with van der Waals surface area (Å²) in [5.74, 6) is 0.00574. The first-order valence-corrected chi connectivity index (χ1v) is 5.84. The molecule has 0 unspecified atom stereocenters. The molecule has 0 heterocycles. The van der Waals surface area contributed by atoms with Gasteiger partial charge in [-0.15, -0.1) is 0 Å². The summed E-state index contributed by atoms with van der Waals surface area (Å²) in [7, 11) is 0. The lowest BCUT2D eigenvalue weighted by Gasteiger charge is -2.29. The van der Waals surface area contributed by atoms with Gasteiger partial charge in [-0.2, -0.15) is 0 Å². The Bertz CT molecular complexity index is 158. The number of esters is 1. The van der Waals surface area contributed by atoms with E-state index in [2.05, 4.69) is 20.8 Å². The van der Waals surface area contributed by atoms with E-state index in [0.29, 0.717) is 6.61 Å². The first-order valence-electron chi connectivity index (χ1n) is 5.84. The molecular formula is C12H24O2. The molecule has 0 radical (unpaired) electrons. The van der Waals surface area contributed by atoms with Crippen molar-refractivity contribution in [1.29, 1.82) is 0 Å². The van der Waals surface area contributed by atoms with Crippen LogP contribution in [0.2, 0.25) is 0 Å². The molecule has 0 aliphatic carbocycles. The highest BCUT2D eigenvalue weighted by molar-refractivity contribution is 5.76. The maximum Gasteiger partial charge on any atom is 0.312 e. The maximum absolute atomic E-state index is 11.9. The number of carbonyl (C=O) groups excluding carboxylic acids is 1. The maximum atomic E-state index is 11.9. The van der Waals surface area contributed by atoms with Gasteiger partial charge in [0.15, 0.2) is 0 Å². The Morgan fingerprint density at radius 1 is 1.07 bits per heavy atom. The van der Waals surface area contributed by atoms with Crippen molar-refractivity contribution < 1.29 is 9.53 Å². The molecular weight excluding hydrogens is 176 g/mol. The van der Waals surface area contributed by atoms with Crippen LogP contribution in [0.4, 0.5) is 0 Å². The van der Waals surface area contributed by atoms with E-state index in [1.165, 1.54) is 0 Å². The molecule has 0 aliphatic heterocycles. The van der Waals surface area contributed by atoms with Crippen LogP contribution in [0.5, 0.6) is 0 Å². The number of ether oxygens (including phenoxy) is 1. The summed E-state index contributed by atoms with van der Waals surface area (Å²) in [5.41, 5.74) is -0.209. The van der Waals surface area contributed by atoms with Crippen LogP contribution in [0.15, 0.2) is 0 Å². The molecule has 0 bridgehead atoms. The van der Waals surface area contributed by atoms with Crippen molar-refractivity contribution in [2.24, 2.45) is 5.41 Å². The zero-order chi connectivity index (χ0) is 11.0. The van der Waals surface area contributed by atoms with E-state index >= 15 is 0 Å². The van der Waals surface area contributed by atoms with Gasteiger partial charge in [-0.1, -0.05) is 33.6 Å². The first-order chi connectivity index (χ1) is 6.66. The first kappa shape index (κ1) is 13.5. The fourth-order valence-corrected chi connectivity index (χ4v) is 2.07. The Labute approximate surface area is 88.0 Å². The lowest BCUT2D eigenvalue weighted by molar-refractivity contribution is -0.156. The Kier molecular flexibility index (Phi) is 6.60. The number of hydrogen-bond acceptors (Lipinski definition) is 2. The number of hydrogen-bond donors (Lipinski definition) is 0. The highest BCUT2D eigenvalue weighted by Gasteiger charge is 2.35. The fraction of sp³-hybridized carbons (Fsp3) is 0.917. The summed E-state index contributed by atoms with van der Waals surface area (Å²) in [4.78, 5) is 11.9. The van der Waals surface area contributed by atoms with Crippen LogP contribution in [0.3, 0.4) is 0 Å². The Hall–Kier alpha value is -0.530. The van der Waals surface area contributed by atoms with Gasteiger partial charge in [-0.05, 0) is 26.2 Å². The van der Waals surface area contributed by atoms with Gasteiger partial charge in [-0.3, -0.25) is 4.79 Å². The van der Waals surface area contributed by atoms with Crippen LogP contribution in [-0.2, 0) is 9.53 Å². The van der Waals surface area contributed by atoms with E-state index in [1.54, 1.807) is 0 Å². The minimum absolute atomic E-state index is 0.00574. The zero-order valence-electron chi connectivity index (χ0n) is 10.1. The fourth-order valence-electron chi connectivity index (χ4n) is 2.07. The van der Waals surface area contributed by atoms with E-state index in [1.807, 2.05) is 6.92 Å². The second kappa shape index (κ2) is 6.86. The molecule has 14 heavy (non-hydrogen) atoms. The third kappa shape index (κ3) is 3.32. The predicted octanol–water partition coefficient (Wildman–Crippen LogP) is 3.55. The molecule has 0 N–H and O–H groups in total. The van der Waals surface area contributed by atoms with Gasteiger partial charge in [0.1, 0.15) is 0 Å². The van der Waals surface area contributed by atoms with Gasteiger partial charge in [0.05, 0.1) is 12.0 Å². The van der Waals surface area contributed by atoms with Crippen molar-refractivity contribution in [2.75, 3.05) is 6.61 Å². The van der Waals surface area contributed by atoms with E-state index in [4.69, 9.17) is 4.74 Å². The Morgan fingerprint density at radius 2 is 1.57 bits per heavy atom. The number of rotatable bonds is 7. The molecule has 0 aromatic carbocycles. The number of carbonyl (C=O) groups is 1. The zero-order valence-corrected chi connectivity index (χ0v) is 10.1. The second-order valence-corrected chi connectivity index (χ2v) is 3.85. The molecule has 0 fully saturated rings. The SMILES string of the molecule is CCCC(CC)(CCC)C(=O)OCC. The van der Waals surface area contributed by atoms with E-state index in [9.17, 15) is 4.79 Å². The third-order valence-electron chi connectivity index (χ3n) is 2.84. The Morgan fingerprint density at radius 3 is 1.86 bits per heavy atom. The molecule has 2 heteroatoms. The van der Waals surface area contributed by atoms with Crippen LogP contribution in [0, 0.1) is 5.41 Å². The van der Waals surface area contributed by atoms with Crippen LogP contribution < -0.4 is 0 Å². The van der Waals surface area contributed by atoms with Gasteiger partial charge < -0.3 is 4.74 Å². The lowest BCUT2D eigenvalue weighted by atomic mass is 9.77. The van der Waals surface area contributed by atoms with Crippen molar-refractivity contribution in [3.63, 3.8) is 0 Å². The van der Waals surface area contributed by atoms with Gasteiger partial charge in [0, 0.05) is 0 Å². The van der Waals surface area contributed by atoms with Crippen molar-refractivity contribution in [3.8, 4) is 0 Å². The van der Waals surface area contributed by atoms with E-state index in [-0.39, 0.29) is 11.4 Å². The van der Waals surface area contributed by atoms with Gasteiger partial charge in [0.2, 0.25) is 0 Å². The summed E-state index contributed by atoms with van der Waals surface area (Å²) >= 11 is 0. The van der Waals surface area contributed by atoms with Crippen LogP contribution in [0.1, 0.15) is 59.8 Å². The Balaban J connectivity index is 4.54. The minimum Gasteiger partial charge on any atom is -0.466 e. The minimum atomic E-state index is -0.209. The molecule has 2 nitrogen and oxygen atoms in total. The van der Waals surface area contributed by atoms with Crippen molar-refractivity contribution in [3.05, 3.63) is 0 Å². The summed E-state index contributed by atoms with van der Waals surface area (Å²) in [6, 6.07) is 0. The molecule has 0 aromatic heterocycles. The van der Waals surface area contributed by atoms with E-state index < -0.39 is 0 Å². The van der Waals surface area contributed by atoms with Crippen LogP contribution in [-0.4, -0.2) is 12.6 Å². The third-order valence-corrected chi connectivity index (χ3v) is 2.84. The molecule has 0 rings (SSSR count). The summed E-state index contributed by atoms with van der Waals surface area (Å²) in [6.07, 6.45) is 4.90. The molecule has 0 saturated carbocycles. The quantitative estimate of drug-likeness (QED) is 0.587. The molecule has 84 valence electrons. The summed E-state index contributed by atoms with van der Waals surface area (Å²) in [6.45, 7) is 8.70. The monoisotopic (exact) mass is 200 g/mol. The topological polar surface area (TPSA) is 26.3 Å². The van der Waals surface area contributed by atoms with Crippen molar-refractivity contribution in [1.82, 2.24) is 0 Å². The van der Waals surface area contributed by atoms with Crippen molar-refractivity contribution >= 4 is 5.97 Å². The normalized spacial score (nSPS) is 11.4. The standard InChI is InChI=1S/C12H24O2/c1-5-9-12(7-3,10-6-2)11(13)14-8-4/h5-10H2,1-4H3. The van der Waals surface area contributed by atoms with Crippen molar-refractivity contribution in [2.45, 2.75) is 59.8 Å². The highest BCUT2D eigenvalue weighted by Crippen LogP contribution is 2.34. The molecule has 0 amide bonds. The van der Waals surface area contributed by atoms with Crippen LogP contribution in [0.25, 0.3) is 0 Å². The molecule has 0 aromatic rings. The van der Waals surface area contributed by atoms with Gasteiger partial charge in [-0.25, -0.2) is 0 Å².